The molecular formula is C14H17FN2O2S. The lowest BCUT2D eigenvalue weighted by molar-refractivity contribution is 0.522. The van der Waals surface area contributed by atoms with Crippen molar-refractivity contribution in [1.82, 2.24) is 4.72 Å². The number of hydrogen-bond acceptors (Lipinski definition) is 3. The molecule has 0 unspecified atom stereocenters. The molecule has 0 aromatic heterocycles. The summed E-state index contributed by atoms with van der Waals surface area (Å²) in [7, 11) is -3.82. The molecule has 6 heteroatoms. The molecular weight excluding hydrogens is 279 g/mol. The first kappa shape index (κ1) is 15.0. The first-order chi connectivity index (χ1) is 9.36. The first-order valence-electron chi connectivity index (χ1n) is 6.34. The van der Waals surface area contributed by atoms with Crippen LogP contribution in [-0.2, 0) is 10.0 Å². The Hall–Kier alpha value is -1.42. The van der Waals surface area contributed by atoms with Crippen LogP contribution in [0.3, 0.4) is 0 Å². The summed E-state index contributed by atoms with van der Waals surface area (Å²) in [6.45, 7) is 2.50. The second-order valence-electron chi connectivity index (χ2n) is 5.29. The van der Waals surface area contributed by atoms with Gasteiger partial charge in [-0.2, -0.15) is 0 Å². The van der Waals surface area contributed by atoms with Crippen molar-refractivity contribution in [1.29, 1.82) is 0 Å². The number of hydrogen-bond donors (Lipinski definition) is 2. The average molecular weight is 296 g/mol. The molecule has 1 aromatic carbocycles. The normalized spacial score (nSPS) is 16.4. The highest BCUT2D eigenvalue weighted by Crippen LogP contribution is 2.44. The fraction of sp³-hybridized carbons (Fsp3) is 0.429. The Balaban J connectivity index is 2.18. The van der Waals surface area contributed by atoms with Gasteiger partial charge in [-0.05, 0) is 36.5 Å². The van der Waals surface area contributed by atoms with E-state index in [4.69, 9.17) is 5.73 Å². The topological polar surface area (TPSA) is 72.2 Å². The number of nitrogens with one attached hydrogen (secondary N) is 1. The quantitative estimate of drug-likeness (QED) is 0.821. The summed E-state index contributed by atoms with van der Waals surface area (Å²) in [6, 6.07) is 3.81. The van der Waals surface area contributed by atoms with Crippen LogP contribution in [-0.4, -0.2) is 21.5 Å². The molecule has 0 atom stereocenters. The van der Waals surface area contributed by atoms with Gasteiger partial charge in [-0.25, -0.2) is 17.5 Å². The largest absolute Gasteiger partial charge is 0.320 e. The fourth-order valence-corrected chi connectivity index (χ4v) is 2.94. The zero-order valence-corrected chi connectivity index (χ0v) is 12.1. The molecule has 0 saturated heterocycles. The fourth-order valence-electron chi connectivity index (χ4n) is 1.69. The minimum absolute atomic E-state index is 0.0239. The molecule has 1 saturated carbocycles. The third-order valence-corrected chi connectivity index (χ3v) is 4.78. The number of sulfonamides is 1. The number of rotatable bonds is 4. The van der Waals surface area contributed by atoms with Gasteiger partial charge in [-0.15, -0.1) is 0 Å². The smallest absolute Gasteiger partial charge is 0.243 e. The maximum Gasteiger partial charge on any atom is 0.243 e. The zero-order valence-electron chi connectivity index (χ0n) is 11.2. The predicted octanol–water partition coefficient (Wildman–Crippen LogP) is 1.21. The lowest BCUT2D eigenvalue weighted by Crippen LogP contribution is -2.29. The minimum atomic E-state index is -3.82. The Bertz CT molecular complexity index is 670. The predicted molar refractivity (Wildman–Crippen MR) is 74.9 cm³/mol. The number of benzene rings is 1. The Morgan fingerprint density at radius 1 is 1.45 bits per heavy atom. The van der Waals surface area contributed by atoms with E-state index in [-0.39, 0.29) is 16.9 Å². The summed E-state index contributed by atoms with van der Waals surface area (Å²) in [5.74, 6) is 4.45. The van der Waals surface area contributed by atoms with Gasteiger partial charge in [0.2, 0.25) is 10.0 Å². The Kier molecular flexibility index (Phi) is 4.14. The number of nitrogens with two attached hydrogens (primary N) is 1. The molecule has 1 aromatic rings. The minimum Gasteiger partial charge on any atom is -0.320 e. The third-order valence-electron chi connectivity index (χ3n) is 3.35. The third kappa shape index (κ3) is 3.57. The number of halogens is 1. The summed E-state index contributed by atoms with van der Waals surface area (Å²) in [5, 5.41) is 0. The Labute approximate surface area is 118 Å². The van der Waals surface area contributed by atoms with E-state index in [9.17, 15) is 12.8 Å². The first-order valence-corrected chi connectivity index (χ1v) is 7.83. The molecule has 0 amide bonds. The molecule has 108 valence electrons. The molecule has 1 aliphatic rings. The van der Waals surface area contributed by atoms with Gasteiger partial charge in [0.05, 0.1) is 6.54 Å². The SMILES string of the molecule is CC1(CNS(=O)(=O)c2ccc(C#CCN)cc2F)CC1. The van der Waals surface area contributed by atoms with Gasteiger partial charge in [0.1, 0.15) is 10.7 Å². The van der Waals surface area contributed by atoms with Crippen LogP contribution >= 0.6 is 0 Å². The van der Waals surface area contributed by atoms with Crippen LogP contribution in [0.15, 0.2) is 23.1 Å². The highest BCUT2D eigenvalue weighted by Gasteiger charge is 2.38. The lowest BCUT2D eigenvalue weighted by Gasteiger charge is -2.11. The van der Waals surface area contributed by atoms with Crippen molar-refractivity contribution < 1.29 is 12.8 Å². The highest BCUT2D eigenvalue weighted by atomic mass is 32.2. The van der Waals surface area contributed by atoms with Crippen LogP contribution in [0, 0.1) is 23.1 Å². The van der Waals surface area contributed by atoms with Crippen LogP contribution in [0.25, 0.3) is 0 Å². The van der Waals surface area contributed by atoms with E-state index in [1.165, 1.54) is 12.1 Å². The average Bonchev–Trinajstić information content (AvgIpc) is 3.13. The molecule has 0 radical (unpaired) electrons. The van der Waals surface area contributed by atoms with Gasteiger partial charge in [0.15, 0.2) is 0 Å². The molecule has 3 N–H and O–H groups in total. The van der Waals surface area contributed by atoms with Crippen molar-refractivity contribution in [2.24, 2.45) is 11.1 Å². The lowest BCUT2D eigenvalue weighted by atomic mass is 10.2. The molecule has 0 aliphatic heterocycles. The van der Waals surface area contributed by atoms with Gasteiger partial charge in [-0.1, -0.05) is 18.8 Å². The molecule has 0 bridgehead atoms. The van der Waals surface area contributed by atoms with E-state index >= 15 is 0 Å². The Morgan fingerprint density at radius 3 is 2.70 bits per heavy atom. The van der Waals surface area contributed by atoms with Crippen molar-refractivity contribution in [3.05, 3.63) is 29.6 Å². The van der Waals surface area contributed by atoms with Crippen molar-refractivity contribution in [3.63, 3.8) is 0 Å². The molecule has 1 fully saturated rings. The monoisotopic (exact) mass is 296 g/mol. The van der Waals surface area contributed by atoms with Crippen LogP contribution in [0.1, 0.15) is 25.3 Å². The van der Waals surface area contributed by atoms with Gasteiger partial charge in [0, 0.05) is 12.1 Å². The maximum atomic E-state index is 13.9. The van der Waals surface area contributed by atoms with E-state index in [0.29, 0.717) is 12.1 Å². The standard InChI is InChI=1S/C14H17FN2O2S/c1-14(6-7-14)10-17-20(18,19)13-5-4-11(3-2-8-16)9-12(13)15/h4-5,9,17H,6-8,10,16H2,1H3. The van der Waals surface area contributed by atoms with Gasteiger partial charge in [0.25, 0.3) is 0 Å². The van der Waals surface area contributed by atoms with E-state index < -0.39 is 15.8 Å². The summed E-state index contributed by atoms with van der Waals surface area (Å²) in [5.41, 5.74) is 5.65. The van der Waals surface area contributed by atoms with Crippen LogP contribution in [0.2, 0.25) is 0 Å². The van der Waals surface area contributed by atoms with E-state index in [0.717, 1.165) is 18.9 Å². The van der Waals surface area contributed by atoms with Gasteiger partial charge >= 0.3 is 0 Å². The molecule has 20 heavy (non-hydrogen) atoms. The maximum absolute atomic E-state index is 13.9. The molecule has 0 spiro atoms. The summed E-state index contributed by atoms with van der Waals surface area (Å²) >= 11 is 0. The summed E-state index contributed by atoms with van der Waals surface area (Å²) < 4.78 is 40.4. The van der Waals surface area contributed by atoms with Crippen molar-refractivity contribution in [3.8, 4) is 11.8 Å². The van der Waals surface area contributed by atoms with Crippen LogP contribution in [0.4, 0.5) is 4.39 Å². The second kappa shape index (κ2) is 5.52. The van der Waals surface area contributed by atoms with Crippen LogP contribution < -0.4 is 10.5 Å². The van der Waals surface area contributed by atoms with E-state index in [2.05, 4.69) is 16.6 Å². The van der Waals surface area contributed by atoms with Crippen molar-refractivity contribution in [2.75, 3.05) is 13.1 Å². The molecule has 2 rings (SSSR count). The zero-order chi connectivity index (χ0) is 14.8. The van der Waals surface area contributed by atoms with Crippen molar-refractivity contribution in [2.45, 2.75) is 24.7 Å². The highest BCUT2D eigenvalue weighted by molar-refractivity contribution is 7.89. The van der Waals surface area contributed by atoms with Crippen LogP contribution in [0.5, 0.6) is 0 Å². The molecule has 1 aliphatic carbocycles. The van der Waals surface area contributed by atoms with Gasteiger partial charge < -0.3 is 5.73 Å². The molecule has 0 heterocycles. The van der Waals surface area contributed by atoms with E-state index in [1.807, 2.05) is 6.92 Å². The van der Waals surface area contributed by atoms with Crippen molar-refractivity contribution >= 4 is 10.0 Å². The summed E-state index contributed by atoms with van der Waals surface area (Å²) in [4.78, 5) is -0.347. The van der Waals surface area contributed by atoms with Gasteiger partial charge in [-0.3, -0.25) is 0 Å². The Morgan fingerprint density at radius 2 is 2.15 bits per heavy atom. The summed E-state index contributed by atoms with van der Waals surface area (Å²) in [6.07, 6.45) is 1.98. The molecule has 4 nitrogen and oxygen atoms in total. The second-order valence-corrected chi connectivity index (χ2v) is 7.02. The van der Waals surface area contributed by atoms with E-state index in [1.54, 1.807) is 0 Å².